The molecule has 1 aromatic rings. The summed E-state index contributed by atoms with van der Waals surface area (Å²) in [6.45, 7) is 3.44. The number of hydrogen-bond donors (Lipinski definition) is 2. The average Bonchev–Trinajstić information content (AvgIpc) is 2.51. The van der Waals surface area contributed by atoms with Crippen LogP contribution >= 0.6 is 0 Å². The summed E-state index contributed by atoms with van der Waals surface area (Å²) in [6, 6.07) is 1.80. The van der Waals surface area contributed by atoms with Crippen molar-refractivity contribution in [3.63, 3.8) is 0 Å². The summed E-state index contributed by atoms with van der Waals surface area (Å²) >= 11 is 0. The minimum Gasteiger partial charge on any atom is -0.467 e. The van der Waals surface area contributed by atoms with Crippen LogP contribution in [0.3, 0.4) is 0 Å². The highest BCUT2D eigenvalue weighted by Gasteiger charge is 2.24. The van der Waals surface area contributed by atoms with Crippen LogP contribution in [0, 0.1) is 17.6 Å². The first-order valence-electron chi connectivity index (χ1n) is 7.36. The monoisotopic (exact) mass is 342 g/mol. The lowest BCUT2D eigenvalue weighted by Gasteiger charge is -2.19. The fraction of sp³-hybridized carbons (Fsp3) is 0.438. The Bertz CT molecular complexity index is 620. The number of carbonyl (C=O) groups excluding carboxylic acids is 3. The van der Waals surface area contributed by atoms with Crippen molar-refractivity contribution in [2.24, 2.45) is 5.92 Å². The largest absolute Gasteiger partial charge is 0.467 e. The van der Waals surface area contributed by atoms with Crippen LogP contribution in [0.25, 0.3) is 0 Å². The van der Waals surface area contributed by atoms with Gasteiger partial charge in [-0.05, 0) is 18.1 Å². The normalized spacial score (nSPS) is 11.8. The third kappa shape index (κ3) is 5.60. The van der Waals surface area contributed by atoms with Crippen molar-refractivity contribution in [1.29, 1.82) is 0 Å². The van der Waals surface area contributed by atoms with Crippen LogP contribution < -0.4 is 10.6 Å². The molecule has 6 nitrogen and oxygen atoms in total. The molecule has 0 aromatic heterocycles. The van der Waals surface area contributed by atoms with Crippen LogP contribution in [0.1, 0.15) is 30.6 Å². The van der Waals surface area contributed by atoms with Gasteiger partial charge in [0.2, 0.25) is 5.91 Å². The van der Waals surface area contributed by atoms with E-state index in [0.29, 0.717) is 6.07 Å². The quantitative estimate of drug-likeness (QED) is 0.734. The summed E-state index contributed by atoms with van der Waals surface area (Å²) in [5.41, 5.74) is -0.313. The van der Waals surface area contributed by atoms with Crippen molar-refractivity contribution in [2.75, 3.05) is 13.7 Å². The highest BCUT2D eigenvalue weighted by Crippen LogP contribution is 2.09. The van der Waals surface area contributed by atoms with E-state index in [4.69, 9.17) is 0 Å². The van der Waals surface area contributed by atoms with Crippen molar-refractivity contribution >= 4 is 17.8 Å². The van der Waals surface area contributed by atoms with Crippen LogP contribution in [0.5, 0.6) is 0 Å². The standard InChI is InChI=1S/C16H20F2N2O4/c1-9(2)14(16(23)24-3)20-13(21)6-7-19-15(22)11-5-4-10(17)8-12(11)18/h4-5,8-9,14H,6-7H2,1-3H3,(H,19,22)(H,20,21). The lowest BCUT2D eigenvalue weighted by molar-refractivity contribution is -0.146. The average molecular weight is 342 g/mol. The number of rotatable bonds is 7. The van der Waals surface area contributed by atoms with Crippen LogP contribution in [-0.4, -0.2) is 37.5 Å². The van der Waals surface area contributed by atoms with E-state index >= 15 is 0 Å². The summed E-state index contributed by atoms with van der Waals surface area (Å²) < 4.78 is 30.8. The number of hydrogen-bond acceptors (Lipinski definition) is 4. The van der Waals surface area contributed by atoms with Gasteiger partial charge in [0, 0.05) is 19.0 Å². The molecule has 2 N–H and O–H groups in total. The lowest BCUT2D eigenvalue weighted by atomic mass is 10.0. The molecule has 1 rings (SSSR count). The molecule has 1 atom stereocenters. The Balaban J connectivity index is 2.50. The summed E-state index contributed by atoms with van der Waals surface area (Å²) in [5.74, 6) is -3.71. The smallest absolute Gasteiger partial charge is 0.328 e. The topological polar surface area (TPSA) is 84.5 Å². The van der Waals surface area contributed by atoms with Crippen molar-refractivity contribution in [3.05, 3.63) is 35.4 Å². The molecule has 24 heavy (non-hydrogen) atoms. The first-order chi connectivity index (χ1) is 11.3. The fourth-order valence-corrected chi connectivity index (χ4v) is 1.93. The maximum atomic E-state index is 13.4. The molecule has 0 saturated carbocycles. The summed E-state index contributed by atoms with van der Waals surface area (Å²) in [4.78, 5) is 35.1. The van der Waals surface area contributed by atoms with Crippen LogP contribution in [0.4, 0.5) is 8.78 Å². The van der Waals surface area contributed by atoms with Crippen molar-refractivity contribution in [1.82, 2.24) is 10.6 Å². The van der Waals surface area contributed by atoms with Gasteiger partial charge in [-0.15, -0.1) is 0 Å². The molecule has 0 heterocycles. The molecule has 1 unspecified atom stereocenters. The van der Waals surface area contributed by atoms with Crippen molar-refractivity contribution < 1.29 is 27.9 Å². The van der Waals surface area contributed by atoms with Gasteiger partial charge in [-0.1, -0.05) is 13.8 Å². The van der Waals surface area contributed by atoms with E-state index < -0.39 is 35.5 Å². The molecule has 0 fully saturated rings. The first-order valence-corrected chi connectivity index (χ1v) is 7.36. The molecule has 0 saturated heterocycles. The second kappa shape index (κ2) is 8.95. The second-order valence-electron chi connectivity index (χ2n) is 5.44. The molecule has 8 heteroatoms. The van der Waals surface area contributed by atoms with Gasteiger partial charge in [-0.3, -0.25) is 9.59 Å². The Morgan fingerprint density at radius 1 is 1.21 bits per heavy atom. The predicted molar refractivity (Wildman–Crippen MR) is 82.1 cm³/mol. The van der Waals surface area contributed by atoms with Crippen molar-refractivity contribution in [2.45, 2.75) is 26.3 Å². The van der Waals surface area contributed by atoms with Gasteiger partial charge in [-0.2, -0.15) is 0 Å². The van der Waals surface area contributed by atoms with Crippen LogP contribution in [0.2, 0.25) is 0 Å². The number of ether oxygens (including phenoxy) is 1. The number of nitrogens with one attached hydrogen (secondary N) is 2. The minimum absolute atomic E-state index is 0.0620. The fourth-order valence-electron chi connectivity index (χ4n) is 1.93. The number of methoxy groups -OCH3 is 1. The zero-order chi connectivity index (χ0) is 18.3. The lowest BCUT2D eigenvalue weighted by Crippen LogP contribution is -2.45. The molecular weight excluding hydrogens is 322 g/mol. The van der Waals surface area contributed by atoms with E-state index in [1.807, 2.05) is 0 Å². The molecule has 0 spiro atoms. The van der Waals surface area contributed by atoms with Gasteiger partial charge in [0.25, 0.3) is 5.91 Å². The van der Waals surface area contributed by atoms with E-state index in [9.17, 15) is 23.2 Å². The molecule has 0 aliphatic heterocycles. The Kier molecular flexibility index (Phi) is 7.29. The van der Waals surface area contributed by atoms with Gasteiger partial charge in [0.05, 0.1) is 12.7 Å². The van der Waals surface area contributed by atoms with Gasteiger partial charge < -0.3 is 15.4 Å². The highest BCUT2D eigenvalue weighted by atomic mass is 19.1. The van der Waals surface area contributed by atoms with E-state index in [1.54, 1.807) is 13.8 Å². The predicted octanol–water partition coefficient (Wildman–Crippen LogP) is 1.40. The molecule has 1 aromatic carbocycles. The second-order valence-corrected chi connectivity index (χ2v) is 5.44. The van der Waals surface area contributed by atoms with E-state index in [0.717, 1.165) is 12.1 Å². The highest BCUT2D eigenvalue weighted by molar-refractivity contribution is 5.94. The summed E-state index contributed by atoms with van der Waals surface area (Å²) in [5, 5.41) is 4.87. The van der Waals surface area contributed by atoms with E-state index in [2.05, 4.69) is 15.4 Å². The molecule has 2 amide bonds. The molecule has 0 aliphatic carbocycles. The summed E-state index contributed by atoms with van der Waals surface area (Å²) in [6.07, 6.45) is -0.102. The van der Waals surface area contributed by atoms with Gasteiger partial charge in [0.15, 0.2) is 0 Å². The maximum Gasteiger partial charge on any atom is 0.328 e. The number of esters is 1. The van der Waals surface area contributed by atoms with Gasteiger partial charge >= 0.3 is 5.97 Å². The van der Waals surface area contributed by atoms with E-state index in [1.165, 1.54) is 7.11 Å². The third-order valence-corrected chi connectivity index (χ3v) is 3.25. The minimum atomic E-state index is -0.984. The number of carbonyl (C=O) groups is 3. The van der Waals surface area contributed by atoms with Gasteiger partial charge in [-0.25, -0.2) is 13.6 Å². The zero-order valence-electron chi connectivity index (χ0n) is 13.7. The first kappa shape index (κ1) is 19.5. The Hall–Kier alpha value is -2.51. The van der Waals surface area contributed by atoms with Crippen LogP contribution in [-0.2, 0) is 14.3 Å². The van der Waals surface area contributed by atoms with Crippen LogP contribution in [0.15, 0.2) is 18.2 Å². The van der Waals surface area contributed by atoms with E-state index in [-0.39, 0.29) is 24.4 Å². The zero-order valence-corrected chi connectivity index (χ0v) is 13.7. The number of benzene rings is 1. The Morgan fingerprint density at radius 3 is 2.42 bits per heavy atom. The summed E-state index contributed by atoms with van der Waals surface area (Å²) in [7, 11) is 1.22. The third-order valence-electron chi connectivity index (χ3n) is 3.25. The Morgan fingerprint density at radius 2 is 1.88 bits per heavy atom. The molecule has 0 aliphatic rings. The SMILES string of the molecule is COC(=O)C(NC(=O)CCNC(=O)c1ccc(F)cc1F)C(C)C. The Labute approximate surface area is 138 Å². The number of halogens is 2. The molecule has 0 radical (unpaired) electrons. The number of amides is 2. The van der Waals surface area contributed by atoms with Crippen molar-refractivity contribution in [3.8, 4) is 0 Å². The molecular formula is C16H20F2N2O4. The maximum absolute atomic E-state index is 13.4. The molecule has 132 valence electrons. The molecule has 0 bridgehead atoms. The van der Waals surface area contributed by atoms with Gasteiger partial charge in [0.1, 0.15) is 17.7 Å².